The van der Waals surface area contributed by atoms with E-state index in [2.05, 4.69) is 10.6 Å². The third-order valence-corrected chi connectivity index (χ3v) is 4.66. The predicted octanol–water partition coefficient (Wildman–Crippen LogP) is 2.59. The summed E-state index contributed by atoms with van der Waals surface area (Å²) >= 11 is 0. The van der Waals surface area contributed by atoms with Gasteiger partial charge in [-0.15, -0.1) is 12.4 Å². The average molecular weight is 515 g/mol. The summed E-state index contributed by atoms with van der Waals surface area (Å²) in [6, 6.07) is 6.38. The molecule has 0 unspecified atom stereocenters. The van der Waals surface area contributed by atoms with Crippen molar-refractivity contribution in [2.75, 3.05) is 20.8 Å². The summed E-state index contributed by atoms with van der Waals surface area (Å²) in [5, 5.41) is 12.8. The molecule has 0 radical (unpaired) electrons. The molecule has 2 rings (SSSR count). The molecule has 0 fully saturated rings. The number of hydrogen-bond donors (Lipinski definition) is 4. The van der Waals surface area contributed by atoms with Crippen LogP contribution in [0.3, 0.4) is 0 Å². The lowest BCUT2D eigenvalue weighted by Gasteiger charge is -2.19. The molecule has 0 aliphatic carbocycles. The van der Waals surface area contributed by atoms with E-state index >= 15 is 0 Å². The number of hydrogen-bond acceptors (Lipinski definition) is 6. The summed E-state index contributed by atoms with van der Waals surface area (Å²) in [4.78, 5) is 24.7. The first-order chi connectivity index (χ1) is 16.1. The number of nitrogen functional groups attached to an aromatic ring is 1. The number of carbonyl (C=O) groups is 2. The molecule has 192 valence electrons. The van der Waals surface area contributed by atoms with Crippen molar-refractivity contribution in [2.45, 2.75) is 32.5 Å². The second kappa shape index (κ2) is 13.4. The number of amidine groups is 1. The fourth-order valence-electron chi connectivity index (χ4n) is 3.07. The number of nitrogens with two attached hydrogens (primary N) is 1. The molecule has 0 saturated carbocycles. The number of nitrogens with one attached hydrogen (secondary N) is 3. The van der Waals surface area contributed by atoms with Crippen molar-refractivity contribution in [1.82, 2.24) is 10.6 Å². The van der Waals surface area contributed by atoms with E-state index in [1.165, 1.54) is 13.2 Å². The molecule has 0 aromatic heterocycles. The molecule has 35 heavy (non-hydrogen) atoms. The number of ether oxygens (including phenoxy) is 3. The Labute approximate surface area is 208 Å². The molecule has 0 spiro atoms. The molecule has 2 aromatic carbocycles. The van der Waals surface area contributed by atoms with Gasteiger partial charge < -0.3 is 30.6 Å². The Balaban J connectivity index is 0.00000612. The molecule has 5 N–H and O–H groups in total. The van der Waals surface area contributed by atoms with E-state index in [0.29, 0.717) is 11.1 Å². The Morgan fingerprint density at radius 1 is 1.11 bits per heavy atom. The molecule has 0 saturated heterocycles. The minimum atomic E-state index is -1.57. The standard InChI is InChI=1S/C23H28F2N4O5.ClH/c1-12(2)29-19(30)11-34-18-7-13(22(26)27)5-6-14(18)10-28-23(31)21(33-4)20-16(24)8-15(32-3)9-17(20)25;/h5-9,12,21H,10-11H2,1-4H3,(H3,26,27)(H,28,31)(H,29,30);1H/t21-;/m0./s1. The van der Waals surface area contributed by atoms with Gasteiger partial charge in [0.2, 0.25) is 0 Å². The third-order valence-electron chi connectivity index (χ3n) is 4.66. The molecular formula is C23H29ClF2N4O5. The average Bonchev–Trinajstić information content (AvgIpc) is 2.77. The van der Waals surface area contributed by atoms with Gasteiger partial charge in [0.15, 0.2) is 12.7 Å². The van der Waals surface area contributed by atoms with Crippen molar-refractivity contribution in [2.24, 2.45) is 5.73 Å². The fourth-order valence-corrected chi connectivity index (χ4v) is 3.07. The highest BCUT2D eigenvalue weighted by Crippen LogP contribution is 2.28. The zero-order valence-electron chi connectivity index (χ0n) is 19.7. The maximum absolute atomic E-state index is 14.4. The van der Waals surface area contributed by atoms with E-state index in [4.69, 9.17) is 25.4 Å². The Kier molecular flexibility index (Phi) is 11.4. The van der Waals surface area contributed by atoms with Gasteiger partial charge in [0.05, 0.1) is 12.7 Å². The van der Waals surface area contributed by atoms with Gasteiger partial charge in [0.25, 0.3) is 11.8 Å². The predicted molar refractivity (Wildman–Crippen MR) is 128 cm³/mol. The molecule has 0 heterocycles. The number of rotatable bonds is 11. The van der Waals surface area contributed by atoms with Crippen LogP contribution in [0.2, 0.25) is 0 Å². The highest BCUT2D eigenvalue weighted by molar-refractivity contribution is 5.95. The van der Waals surface area contributed by atoms with Crippen LogP contribution in [-0.2, 0) is 20.9 Å². The van der Waals surface area contributed by atoms with Gasteiger partial charge in [0, 0.05) is 43.0 Å². The highest BCUT2D eigenvalue weighted by Gasteiger charge is 2.28. The van der Waals surface area contributed by atoms with Gasteiger partial charge in [-0.2, -0.15) is 0 Å². The van der Waals surface area contributed by atoms with Crippen LogP contribution in [0.5, 0.6) is 11.5 Å². The Hall–Kier alpha value is -3.44. The minimum absolute atomic E-state index is 0. The largest absolute Gasteiger partial charge is 0.497 e. The molecule has 2 aromatic rings. The Morgan fingerprint density at radius 3 is 2.26 bits per heavy atom. The van der Waals surface area contributed by atoms with Gasteiger partial charge in [-0.3, -0.25) is 15.0 Å². The monoisotopic (exact) mass is 514 g/mol. The molecule has 1 atom stereocenters. The number of amides is 2. The molecular weight excluding hydrogens is 486 g/mol. The number of halogens is 3. The van der Waals surface area contributed by atoms with E-state index in [0.717, 1.165) is 19.2 Å². The van der Waals surface area contributed by atoms with Crippen LogP contribution in [0.1, 0.15) is 36.6 Å². The van der Waals surface area contributed by atoms with Crippen LogP contribution < -0.4 is 25.8 Å². The van der Waals surface area contributed by atoms with Crippen molar-refractivity contribution in [3.05, 3.63) is 58.7 Å². The van der Waals surface area contributed by atoms with E-state index in [9.17, 15) is 18.4 Å². The van der Waals surface area contributed by atoms with Gasteiger partial charge in [-0.05, 0) is 19.9 Å². The maximum atomic E-state index is 14.4. The topological polar surface area (TPSA) is 136 Å². The van der Waals surface area contributed by atoms with Crippen molar-refractivity contribution >= 4 is 30.1 Å². The quantitative estimate of drug-likeness (QED) is 0.269. The second-order valence-corrected chi connectivity index (χ2v) is 7.59. The first-order valence-electron chi connectivity index (χ1n) is 10.3. The van der Waals surface area contributed by atoms with Gasteiger partial charge in [0.1, 0.15) is 29.0 Å². The lowest BCUT2D eigenvalue weighted by atomic mass is 10.1. The van der Waals surface area contributed by atoms with Crippen molar-refractivity contribution in [3.8, 4) is 11.5 Å². The van der Waals surface area contributed by atoms with E-state index in [-0.39, 0.29) is 54.8 Å². The van der Waals surface area contributed by atoms with E-state index < -0.39 is 29.2 Å². The van der Waals surface area contributed by atoms with Crippen LogP contribution in [0.4, 0.5) is 8.78 Å². The summed E-state index contributed by atoms with van der Waals surface area (Å²) in [6.45, 7) is 3.19. The Bertz CT molecular complexity index is 1050. The van der Waals surface area contributed by atoms with E-state index in [1.807, 2.05) is 0 Å². The normalized spacial score (nSPS) is 11.3. The zero-order chi connectivity index (χ0) is 25.4. The summed E-state index contributed by atoms with van der Waals surface area (Å²) in [6.07, 6.45) is -1.57. The summed E-state index contributed by atoms with van der Waals surface area (Å²) < 4.78 is 44.3. The van der Waals surface area contributed by atoms with Crippen LogP contribution in [-0.4, -0.2) is 44.5 Å². The lowest BCUT2D eigenvalue weighted by Crippen LogP contribution is -2.34. The summed E-state index contributed by atoms with van der Waals surface area (Å²) in [7, 11) is 2.41. The minimum Gasteiger partial charge on any atom is -0.497 e. The zero-order valence-corrected chi connectivity index (χ0v) is 20.6. The molecule has 2 amide bonds. The lowest BCUT2D eigenvalue weighted by molar-refractivity contribution is -0.132. The molecule has 0 aliphatic rings. The van der Waals surface area contributed by atoms with Crippen LogP contribution in [0.25, 0.3) is 0 Å². The van der Waals surface area contributed by atoms with Crippen LogP contribution in [0, 0.1) is 17.0 Å². The van der Waals surface area contributed by atoms with Gasteiger partial charge >= 0.3 is 0 Å². The highest BCUT2D eigenvalue weighted by atomic mass is 35.5. The summed E-state index contributed by atoms with van der Waals surface area (Å²) in [5.74, 6) is -3.19. The van der Waals surface area contributed by atoms with Gasteiger partial charge in [-0.1, -0.05) is 12.1 Å². The molecule has 0 aliphatic heterocycles. The Morgan fingerprint density at radius 2 is 1.74 bits per heavy atom. The van der Waals surface area contributed by atoms with Crippen LogP contribution >= 0.6 is 12.4 Å². The summed E-state index contributed by atoms with van der Waals surface area (Å²) in [5.41, 5.74) is 5.77. The van der Waals surface area contributed by atoms with E-state index in [1.54, 1.807) is 26.0 Å². The first-order valence-corrected chi connectivity index (χ1v) is 10.3. The third kappa shape index (κ3) is 8.08. The van der Waals surface area contributed by atoms with Crippen molar-refractivity contribution in [3.63, 3.8) is 0 Å². The first kappa shape index (κ1) is 29.6. The van der Waals surface area contributed by atoms with Crippen molar-refractivity contribution in [1.29, 1.82) is 5.41 Å². The van der Waals surface area contributed by atoms with Gasteiger partial charge in [-0.25, -0.2) is 8.78 Å². The SMILES string of the molecule is COc1cc(F)c([C@H](OC)C(=O)NCc2ccc(C(=N)N)cc2OCC(=O)NC(C)C)c(F)c1.Cl. The van der Waals surface area contributed by atoms with Crippen molar-refractivity contribution < 1.29 is 32.6 Å². The molecule has 0 bridgehead atoms. The molecule has 12 heteroatoms. The smallest absolute Gasteiger partial charge is 0.258 e. The number of carbonyl (C=O) groups excluding carboxylic acids is 2. The molecule has 9 nitrogen and oxygen atoms in total. The van der Waals surface area contributed by atoms with Crippen LogP contribution in [0.15, 0.2) is 30.3 Å². The number of benzene rings is 2. The fraction of sp³-hybridized carbons (Fsp3) is 0.348. The second-order valence-electron chi connectivity index (χ2n) is 7.59. The maximum Gasteiger partial charge on any atom is 0.258 e. The number of methoxy groups -OCH3 is 2.